The number of nitrogens with one attached hydrogen (secondary N) is 2. The van der Waals surface area contributed by atoms with E-state index in [1.807, 2.05) is 24.3 Å². The molecule has 1 unspecified atom stereocenters. The maximum atomic E-state index is 11.4. The number of aliphatic carboxylic acids is 1. The highest BCUT2D eigenvalue weighted by Gasteiger charge is 2.40. The first kappa shape index (κ1) is 12.9. The highest BCUT2D eigenvalue weighted by atomic mass is 35.5. The molecule has 5 heteroatoms. The van der Waals surface area contributed by atoms with Crippen molar-refractivity contribution in [3.05, 3.63) is 35.5 Å². The highest BCUT2D eigenvalue weighted by Crippen LogP contribution is 2.33. The summed E-state index contributed by atoms with van der Waals surface area (Å²) >= 11 is 0. The van der Waals surface area contributed by atoms with Crippen molar-refractivity contribution in [2.24, 2.45) is 0 Å². The predicted octanol–water partition coefficient (Wildman–Crippen LogP) is 2.04. The number of carboxylic acid groups (broad SMARTS) is 1. The van der Waals surface area contributed by atoms with Crippen LogP contribution in [-0.2, 0) is 16.8 Å². The fourth-order valence-electron chi connectivity index (χ4n) is 2.59. The van der Waals surface area contributed by atoms with Gasteiger partial charge >= 0.3 is 5.97 Å². The summed E-state index contributed by atoms with van der Waals surface area (Å²) in [6.07, 6.45) is 0.863. The van der Waals surface area contributed by atoms with Gasteiger partial charge in [-0.2, -0.15) is 0 Å². The van der Waals surface area contributed by atoms with Gasteiger partial charge in [-0.1, -0.05) is 18.2 Å². The second-order valence-corrected chi connectivity index (χ2v) is 4.63. The van der Waals surface area contributed by atoms with E-state index in [4.69, 9.17) is 0 Å². The largest absolute Gasteiger partial charge is 0.480 e. The normalized spacial score (nSPS) is 22.3. The van der Waals surface area contributed by atoms with Gasteiger partial charge in [0, 0.05) is 17.4 Å². The number of aromatic nitrogens is 1. The van der Waals surface area contributed by atoms with E-state index in [9.17, 15) is 9.90 Å². The van der Waals surface area contributed by atoms with E-state index in [1.165, 1.54) is 0 Å². The van der Waals surface area contributed by atoms with Crippen molar-refractivity contribution in [1.29, 1.82) is 0 Å². The van der Waals surface area contributed by atoms with Gasteiger partial charge in [0.15, 0.2) is 5.54 Å². The maximum absolute atomic E-state index is 11.4. The Morgan fingerprint density at radius 2 is 2.11 bits per heavy atom. The molecule has 2 heterocycles. The summed E-state index contributed by atoms with van der Waals surface area (Å²) in [5.74, 6) is -0.843. The first-order chi connectivity index (χ1) is 8.13. The molecule has 0 aliphatic carbocycles. The Hall–Kier alpha value is -1.52. The Labute approximate surface area is 111 Å². The summed E-state index contributed by atoms with van der Waals surface area (Å²) in [4.78, 5) is 14.7. The molecular formula is C13H15ClN2O2. The average Bonchev–Trinajstić information content (AvgIpc) is 2.70. The third-order valence-corrected chi connectivity index (χ3v) is 3.59. The van der Waals surface area contributed by atoms with Crippen LogP contribution >= 0.6 is 12.4 Å². The number of carbonyl (C=O) groups is 1. The van der Waals surface area contributed by atoms with E-state index < -0.39 is 11.5 Å². The molecule has 4 nitrogen and oxygen atoms in total. The zero-order valence-corrected chi connectivity index (χ0v) is 10.8. The van der Waals surface area contributed by atoms with Crippen molar-refractivity contribution in [3.63, 3.8) is 0 Å². The number of halogens is 1. The van der Waals surface area contributed by atoms with Gasteiger partial charge in [-0.3, -0.25) is 5.32 Å². The van der Waals surface area contributed by atoms with E-state index in [2.05, 4.69) is 10.3 Å². The number of fused-ring (bicyclic) bond motifs is 3. The minimum atomic E-state index is -1.01. The van der Waals surface area contributed by atoms with Gasteiger partial charge in [0.25, 0.3) is 0 Å². The number of H-pyrrole nitrogens is 1. The first-order valence-corrected chi connectivity index (χ1v) is 5.71. The summed E-state index contributed by atoms with van der Waals surface area (Å²) in [6.45, 7) is 2.40. The third kappa shape index (κ3) is 1.61. The molecule has 18 heavy (non-hydrogen) atoms. The summed E-state index contributed by atoms with van der Waals surface area (Å²) < 4.78 is 0. The summed E-state index contributed by atoms with van der Waals surface area (Å²) in [5, 5.41) is 13.6. The average molecular weight is 267 g/mol. The van der Waals surface area contributed by atoms with Crippen LogP contribution in [0.15, 0.2) is 24.3 Å². The molecule has 0 spiro atoms. The lowest BCUT2D eigenvalue weighted by Gasteiger charge is -2.31. The number of hydrogen-bond donors (Lipinski definition) is 3. The van der Waals surface area contributed by atoms with Crippen molar-refractivity contribution in [1.82, 2.24) is 10.3 Å². The van der Waals surface area contributed by atoms with Crippen LogP contribution in [0.4, 0.5) is 0 Å². The second-order valence-electron chi connectivity index (χ2n) is 4.63. The molecule has 0 saturated heterocycles. The van der Waals surface area contributed by atoms with Crippen molar-refractivity contribution in [3.8, 4) is 0 Å². The van der Waals surface area contributed by atoms with Gasteiger partial charge in [-0.25, -0.2) is 4.79 Å². The zero-order valence-electron chi connectivity index (χ0n) is 9.99. The minimum Gasteiger partial charge on any atom is -0.480 e. The van der Waals surface area contributed by atoms with Crippen LogP contribution in [-0.4, -0.2) is 22.6 Å². The van der Waals surface area contributed by atoms with Gasteiger partial charge < -0.3 is 10.1 Å². The van der Waals surface area contributed by atoms with Crippen molar-refractivity contribution in [2.45, 2.75) is 18.9 Å². The fourth-order valence-corrected chi connectivity index (χ4v) is 2.59. The molecule has 2 aromatic rings. The zero-order chi connectivity index (χ0) is 12.0. The van der Waals surface area contributed by atoms with Crippen LogP contribution in [0.1, 0.15) is 18.2 Å². The molecule has 0 bridgehead atoms. The lowest BCUT2D eigenvalue weighted by Crippen LogP contribution is -2.50. The molecule has 0 fully saturated rings. The van der Waals surface area contributed by atoms with Crippen LogP contribution in [0, 0.1) is 0 Å². The molecule has 3 rings (SSSR count). The van der Waals surface area contributed by atoms with Crippen molar-refractivity contribution >= 4 is 29.3 Å². The lowest BCUT2D eigenvalue weighted by atomic mass is 9.89. The fraction of sp³-hybridized carbons (Fsp3) is 0.308. The van der Waals surface area contributed by atoms with Crippen LogP contribution in [0.3, 0.4) is 0 Å². The molecule has 1 aliphatic heterocycles. The Balaban J connectivity index is 0.00000120. The van der Waals surface area contributed by atoms with Crippen LogP contribution < -0.4 is 5.32 Å². The van der Waals surface area contributed by atoms with Gasteiger partial charge in [0.1, 0.15) is 0 Å². The topological polar surface area (TPSA) is 65.1 Å². The van der Waals surface area contributed by atoms with Crippen LogP contribution in [0.25, 0.3) is 10.9 Å². The number of carboxylic acids is 1. The van der Waals surface area contributed by atoms with E-state index in [0.29, 0.717) is 6.54 Å². The van der Waals surface area contributed by atoms with Crippen molar-refractivity contribution in [2.75, 3.05) is 6.54 Å². The number of rotatable bonds is 1. The molecule has 1 aliphatic rings. The standard InChI is InChI=1S/C13H14N2O2.ClH/c1-13(12(16)17)11-9(6-7-14-13)8-4-2-3-5-10(8)15-11;/h2-5,14-15H,6-7H2,1H3,(H,16,17);1H. The van der Waals surface area contributed by atoms with E-state index in [1.54, 1.807) is 6.92 Å². The van der Waals surface area contributed by atoms with Crippen LogP contribution in [0.2, 0.25) is 0 Å². The molecule has 1 aromatic carbocycles. The molecular weight excluding hydrogens is 252 g/mol. The van der Waals surface area contributed by atoms with E-state index in [0.717, 1.165) is 28.6 Å². The predicted molar refractivity (Wildman–Crippen MR) is 72.2 cm³/mol. The Morgan fingerprint density at radius 1 is 1.39 bits per heavy atom. The number of para-hydroxylation sites is 1. The molecule has 96 valence electrons. The van der Waals surface area contributed by atoms with Crippen molar-refractivity contribution < 1.29 is 9.90 Å². The van der Waals surface area contributed by atoms with E-state index in [-0.39, 0.29) is 12.4 Å². The first-order valence-electron chi connectivity index (χ1n) is 5.71. The SMILES string of the molecule is CC1(C(=O)O)NCCc2c1[nH]c1ccccc21.Cl. The molecule has 1 atom stereocenters. The van der Waals surface area contributed by atoms with E-state index >= 15 is 0 Å². The Bertz CT molecular complexity index is 608. The summed E-state index contributed by atoms with van der Waals surface area (Å²) in [6, 6.07) is 7.96. The van der Waals surface area contributed by atoms with Crippen LogP contribution in [0.5, 0.6) is 0 Å². The van der Waals surface area contributed by atoms with Gasteiger partial charge in [0.05, 0.1) is 5.69 Å². The van der Waals surface area contributed by atoms with Gasteiger partial charge in [-0.05, 0) is 25.0 Å². The smallest absolute Gasteiger partial charge is 0.329 e. The number of hydrogen-bond acceptors (Lipinski definition) is 2. The number of benzene rings is 1. The lowest BCUT2D eigenvalue weighted by molar-refractivity contribution is -0.145. The quantitative estimate of drug-likeness (QED) is 0.740. The Morgan fingerprint density at radius 3 is 2.83 bits per heavy atom. The summed E-state index contributed by atoms with van der Waals surface area (Å²) in [7, 11) is 0. The van der Waals surface area contributed by atoms with Gasteiger partial charge in [-0.15, -0.1) is 12.4 Å². The molecule has 0 saturated carbocycles. The summed E-state index contributed by atoms with van der Waals surface area (Å²) in [5.41, 5.74) is 1.92. The maximum Gasteiger partial charge on any atom is 0.329 e. The second kappa shape index (κ2) is 4.30. The molecule has 3 N–H and O–H groups in total. The highest BCUT2D eigenvalue weighted by molar-refractivity contribution is 5.89. The molecule has 0 amide bonds. The minimum absolute atomic E-state index is 0. The van der Waals surface area contributed by atoms with Gasteiger partial charge in [0.2, 0.25) is 0 Å². The number of aromatic amines is 1. The monoisotopic (exact) mass is 266 g/mol. The Kier molecular flexibility index (Phi) is 3.09. The molecule has 0 radical (unpaired) electrons. The third-order valence-electron chi connectivity index (χ3n) is 3.59. The molecule has 1 aromatic heterocycles.